The zero-order valence-electron chi connectivity index (χ0n) is 23.6. The summed E-state index contributed by atoms with van der Waals surface area (Å²) in [5.74, 6) is 3.64. The molecular formula is C32H52O2. The van der Waals surface area contributed by atoms with E-state index in [1.165, 1.54) is 63.4 Å². The van der Waals surface area contributed by atoms with E-state index in [1.54, 1.807) is 6.92 Å². The normalized spacial score (nSPS) is 54.2. The van der Waals surface area contributed by atoms with Crippen LogP contribution in [0, 0.1) is 56.7 Å². The fraction of sp³-hybridized carbons (Fsp3) is 0.906. The van der Waals surface area contributed by atoms with Crippen LogP contribution >= 0.6 is 0 Å². The predicted molar refractivity (Wildman–Crippen MR) is 140 cm³/mol. The fourth-order valence-electron chi connectivity index (χ4n) is 11.8. The summed E-state index contributed by atoms with van der Waals surface area (Å²) in [5, 5.41) is 0. The monoisotopic (exact) mass is 468 g/mol. The van der Waals surface area contributed by atoms with E-state index in [0.29, 0.717) is 33.5 Å². The number of fused-ring (bicyclic) bond motifs is 7. The highest BCUT2D eigenvalue weighted by atomic mass is 16.5. The molecule has 2 nitrogen and oxygen atoms in total. The lowest BCUT2D eigenvalue weighted by atomic mass is 9.31. The van der Waals surface area contributed by atoms with E-state index in [-0.39, 0.29) is 17.5 Å². The second-order valence-corrected chi connectivity index (χ2v) is 15.3. The lowest BCUT2D eigenvalue weighted by molar-refractivity contribution is -0.253. The Labute approximate surface area is 210 Å². The number of carbonyl (C=O) groups excluding carboxylic acids is 1. The Hall–Kier alpha value is -0.790. The van der Waals surface area contributed by atoms with Crippen molar-refractivity contribution >= 4 is 5.97 Å². The van der Waals surface area contributed by atoms with Gasteiger partial charge in [0.1, 0.15) is 6.10 Å². The lowest BCUT2D eigenvalue weighted by Crippen LogP contribution is -2.67. The summed E-state index contributed by atoms with van der Waals surface area (Å²) in [7, 11) is 0. The van der Waals surface area contributed by atoms with Crippen LogP contribution in [0.25, 0.3) is 0 Å². The van der Waals surface area contributed by atoms with Gasteiger partial charge in [0.05, 0.1) is 0 Å². The average Bonchev–Trinajstić information content (AvgIpc) is 2.74. The summed E-state index contributed by atoms with van der Waals surface area (Å²) in [6, 6.07) is 0. The Morgan fingerprint density at radius 1 is 0.853 bits per heavy atom. The van der Waals surface area contributed by atoms with Gasteiger partial charge in [-0.1, -0.05) is 60.6 Å². The van der Waals surface area contributed by atoms with Crippen LogP contribution in [0.3, 0.4) is 0 Å². The van der Waals surface area contributed by atoms with Gasteiger partial charge in [-0.05, 0) is 115 Å². The van der Waals surface area contributed by atoms with Crippen molar-refractivity contribution in [2.75, 3.05) is 0 Å². The van der Waals surface area contributed by atoms with Gasteiger partial charge < -0.3 is 4.74 Å². The van der Waals surface area contributed by atoms with Crippen LogP contribution in [0.15, 0.2) is 12.2 Å². The van der Waals surface area contributed by atoms with Crippen LogP contribution in [0.2, 0.25) is 0 Å². The van der Waals surface area contributed by atoms with E-state index in [0.717, 1.165) is 24.2 Å². The molecule has 0 aromatic heterocycles. The maximum atomic E-state index is 11.9. The summed E-state index contributed by atoms with van der Waals surface area (Å²) in [4.78, 5) is 11.9. The van der Waals surface area contributed by atoms with Crippen molar-refractivity contribution in [2.45, 2.75) is 126 Å². The van der Waals surface area contributed by atoms with Crippen molar-refractivity contribution in [1.82, 2.24) is 0 Å². The molecular weight excluding hydrogens is 416 g/mol. The maximum absolute atomic E-state index is 11.9. The first-order chi connectivity index (χ1) is 15.7. The summed E-state index contributed by atoms with van der Waals surface area (Å²) in [6.45, 7) is 24.2. The molecule has 192 valence electrons. The minimum absolute atomic E-state index is 0.0541. The first kappa shape index (κ1) is 24.9. The molecule has 5 rings (SSSR count). The molecule has 0 aliphatic heterocycles. The van der Waals surface area contributed by atoms with Crippen LogP contribution in [-0.2, 0) is 9.53 Å². The maximum Gasteiger partial charge on any atom is 0.302 e. The SMILES string of the molecule is C=C1CC[C@]2(C)CC[C@]3(C)[C@H](CC[C@@H]4[C@@]5(C)CCC(OC(C)=O)C(C)(C)[C@@H]5CC[C@]43C)[C@@H]2[C@H]1C. The molecule has 1 unspecified atom stereocenters. The smallest absolute Gasteiger partial charge is 0.302 e. The molecule has 5 saturated carbocycles. The number of hydrogen-bond acceptors (Lipinski definition) is 2. The zero-order valence-corrected chi connectivity index (χ0v) is 23.6. The molecule has 0 radical (unpaired) electrons. The summed E-state index contributed by atoms with van der Waals surface area (Å²) in [6.07, 6.45) is 13.2. The van der Waals surface area contributed by atoms with Gasteiger partial charge in [0.15, 0.2) is 0 Å². The van der Waals surface area contributed by atoms with Crippen LogP contribution in [0.1, 0.15) is 120 Å². The van der Waals surface area contributed by atoms with E-state index >= 15 is 0 Å². The van der Waals surface area contributed by atoms with E-state index in [1.807, 2.05) is 0 Å². The Kier molecular flexibility index (Phi) is 5.57. The number of rotatable bonds is 1. The molecule has 0 aromatic carbocycles. The van der Waals surface area contributed by atoms with Crippen molar-refractivity contribution in [1.29, 1.82) is 0 Å². The van der Waals surface area contributed by atoms with Crippen molar-refractivity contribution in [2.24, 2.45) is 56.7 Å². The molecule has 0 amide bonds. The van der Waals surface area contributed by atoms with Crippen LogP contribution in [0.5, 0.6) is 0 Å². The van der Waals surface area contributed by atoms with E-state index < -0.39 is 0 Å². The Balaban J connectivity index is 1.50. The van der Waals surface area contributed by atoms with Crippen molar-refractivity contribution in [3.63, 3.8) is 0 Å². The minimum Gasteiger partial charge on any atom is -0.462 e. The van der Waals surface area contributed by atoms with Gasteiger partial charge in [0.25, 0.3) is 0 Å². The van der Waals surface area contributed by atoms with E-state index in [4.69, 9.17) is 4.74 Å². The fourth-order valence-corrected chi connectivity index (χ4v) is 11.8. The van der Waals surface area contributed by atoms with Crippen molar-refractivity contribution in [3.8, 4) is 0 Å². The highest BCUT2D eigenvalue weighted by Crippen LogP contribution is 2.77. The molecule has 0 saturated heterocycles. The van der Waals surface area contributed by atoms with Gasteiger partial charge in [-0.3, -0.25) is 4.79 Å². The summed E-state index contributed by atoms with van der Waals surface area (Å²) < 4.78 is 5.91. The molecule has 5 aliphatic carbocycles. The number of allylic oxidation sites excluding steroid dienone is 1. The molecule has 0 aromatic rings. The molecule has 0 spiro atoms. The van der Waals surface area contributed by atoms with Gasteiger partial charge in [-0.25, -0.2) is 0 Å². The standard InChI is InChI=1S/C32H52O2/c1-20-12-15-29(6)18-19-31(8)23(27(29)21(20)2)10-11-25-30(7)16-14-26(34-22(3)33)28(4,5)24(30)13-17-32(25,31)9/h21,23-27H,1,10-19H2,2-9H3/t21-,23+,24-,25+,26?,27-,29+,30-,31+,32+/m0/s1. The molecule has 2 heteroatoms. The van der Waals surface area contributed by atoms with Crippen LogP contribution < -0.4 is 0 Å². The Morgan fingerprint density at radius 2 is 1.56 bits per heavy atom. The van der Waals surface area contributed by atoms with Gasteiger partial charge >= 0.3 is 5.97 Å². The number of ether oxygens (including phenoxy) is 1. The predicted octanol–water partition coefficient (Wildman–Crippen LogP) is 8.60. The first-order valence-corrected chi connectivity index (χ1v) is 14.6. The highest BCUT2D eigenvalue weighted by molar-refractivity contribution is 5.66. The van der Waals surface area contributed by atoms with Crippen molar-refractivity contribution in [3.05, 3.63) is 12.2 Å². The third-order valence-corrected chi connectivity index (χ3v) is 13.8. The number of carbonyl (C=O) groups is 1. The van der Waals surface area contributed by atoms with Gasteiger partial charge in [0.2, 0.25) is 0 Å². The Bertz CT molecular complexity index is 872. The summed E-state index contributed by atoms with van der Waals surface area (Å²) in [5.41, 5.74) is 3.28. The second-order valence-electron chi connectivity index (χ2n) is 15.3. The third kappa shape index (κ3) is 3.08. The highest BCUT2D eigenvalue weighted by Gasteiger charge is 2.70. The topological polar surface area (TPSA) is 26.3 Å². The molecule has 10 atom stereocenters. The van der Waals surface area contributed by atoms with Crippen LogP contribution in [-0.4, -0.2) is 12.1 Å². The molecule has 0 heterocycles. The second kappa shape index (κ2) is 7.61. The van der Waals surface area contributed by atoms with Crippen LogP contribution in [0.4, 0.5) is 0 Å². The molecule has 34 heavy (non-hydrogen) atoms. The van der Waals surface area contributed by atoms with E-state index in [9.17, 15) is 4.79 Å². The van der Waals surface area contributed by atoms with Crippen molar-refractivity contribution < 1.29 is 9.53 Å². The molecule has 5 fully saturated rings. The van der Waals surface area contributed by atoms with Gasteiger partial charge in [-0.15, -0.1) is 0 Å². The zero-order chi connectivity index (χ0) is 24.9. The third-order valence-electron chi connectivity index (χ3n) is 13.8. The van der Waals surface area contributed by atoms with Gasteiger partial charge in [0, 0.05) is 12.3 Å². The summed E-state index contributed by atoms with van der Waals surface area (Å²) >= 11 is 0. The minimum atomic E-state index is -0.108. The molecule has 0 N–H and O–H groups in total. The largest absolute Gasteiger partial charge is 0.462 e. The number of esters is 1. The molecule has 0 bridgehead atoms. The van der Waals surface area contributed by atoms with Gasteiger partial charge in [-0.2, -0.15) is 0 Å². The van der Waals surface area contributed by atoms with E-state index in [2.05, 4.69) is 55.0 Å². The Morgan fingerprint density at radius 3 is 2.24 bits per heavy atom. The molecule has 5 aliphatic rings. The first-order valence-electron chi connectivity index (χ1n) is 14.6. The quantitative estimate of drug-likeness (QED) is 0.284. The average molecular weight is 469 g/mol. The lowest BCUT2D eigenvalue weighted by Gasteiger charge is -2.73. The number of hydrogen-bond donors (Lipinski definition) is 0.